The van der Waals surface area contributed by atoms with Crippen molar-refractivity contribution < 1.29 is 76.0 Å². The van der Waals surface area contributed by atoms with Crippen LogP contribution in [-0.4, -0.2) is 102 Å². The van der Waals surface area contributed by atoms with Gasteiger partial charge in [0.2, 0.25) is 0 Å². The Morgan fingerprint density at radius 1 is 0.453 bits per heavy atom. The van der Waals surface area contributed by atoms with E-state index >= 15 is 0 Å². The Labute approximate surface area is 300 Å². The second-order valence-electron chi connectivity index (χ2n) is 12.5. The highest BCUT2D eigenvalue weighted by molar-refractivity contribution is 5.93. The molecule has 0 spiro atoms. The zero-order valence-electron chi connectivity index (χ0n) is 28.0. The van der Waals surface area contributed by atoms with Crippen LogP contribution in [0.2, 0.25) is 0 Å². The molecule has 4 unspecified atom stereocenters. The molecule has 0 amide bonds. The van der Waals surface area contributed by atoms with Crippen LogP contribution in [0.3, 0.4) is 0 Å². The molecule has 0 aromatic heterocycles. The highest BCUT2D eigenvalue weighted by Crippen LogP contribution is 2.39. The molecule has 4 atom stereocenters. The average molecular weight is 733 g/mol. The first-order chi connectivity index (χ1) is 25.8. The number of benzene rings is 4. The van der Waals surface area contributed by atoms with E-state index in [1.54, 1.807) is 0 Å². The van der Waals surface area contributed by atoms with Crippen molar-refractivity contribution >= 4 is 46.2 Å². The van der Waals surface area contributed by atoms with E-state index < -0.39 is 49.0 Å². The predicted octanol–water partition coefficient (Wildman–Crippen LogP) is 5.24. The summed E-state index contributed by atoms with van der Waals surface area (Å²) in [6.45, 7) is 0.531. The Hall–Kier alpha value is -6.32. The Morgan fingerprint density at radius 3 is 1.13 bits per heavy atom. The van der Waals surface area contributed by atoms with Crippen LogP contribution in [0.4, 0.5) is 19.2 Å². The Morgan fingerprint density at radius 2 is 0.792 bits per heavy atom. The van der Waals surface area contributed by atoms with Crippen molar-refractivity contribution in [1.82, 2.24) is 0 Å². The number of hydrogen-bond donors (Lipinski definition) is 0. The van der Waals surface area contributed by atoms with Gasteiger partial charge in [0.05, 0.1) is 0 Å². The average Bonchev–Trinajstić information content (AvgIpc) is 3.98. The summed E-state index contributed by atoms with van der Waals surface area (Å²) < 4.78 is 65.0. The van der Waals surface area contributed by atoms with E-state index in [1.165, 1.54) is 0 Å². The minimum atomic E-state index is -0.759. The number of ether oxygens (including phenoxy) is 12. The number of cyclic esters (lactones) is 8. The van der Waals surface area contributed by atoms with Gasteiger partial charge in [-0.05, 0) is 57.9 Å². The first-order valence-corrected chi connectivity index (χ1v) is 16.8. The zero-order chi connectivity index (χ0) is 36.3. The molecule has 4 aromatic carbocycles. The summed E-state index contributed by atoms with van der Waals surface area (Å²) in [4.78, 5) is 46.1. The van der Waals surface area contributed by atoms with E-state index in [-0.39, 0.29) is 59.3 Å². The molecule has 53 heavy (non-hydrogen) atoms. The minimum absolute atomic E-state index is 0.0346. The highest BCUT2D eigenvalue weighted by atomic mass is 16.8. The fraction of sp³-hybridized carbons (Fsp3) is 0.351. The molecule has 0 saturated carbocycles. The largest absolute Gasteiger partial charge is 0.508 e. The number of hydrogen-bond acceptors (Lipinski definition) is 16. The van der Waals surface area contributed by atoms with Crippen molar-refractivity contribution in [1.29, 1.82) is 0 Å². The van der Waals surface area contributed by atoms with Gasteiger partial charge in [-0.15, -0.1) is 0 Å². The molecule has 4 saturated heterocycles. The van der Waals surface area contributed by atoms with Gasteiger partial charge >= 0.3 is 24.6 Å². The van der Waals surface area contributed by atoms with Crippen LogP contribution in [0.25, 0.3) is 21.5 Å². The van der Waals surface area contributed by atoms with Crippen LogP contribution in [0.1, 0.15) is 11.1 Å². The molecule has 276 valence electrons. The molecule has 4 aliphatic rings. The van der Waals surface area contributed by atoms with Crippen LogP contribution < -0.4 is 18.9 Å². The quantitative estimate of drug-likeness (QED) is 0.121. The molecule has 0 radical (unpaired) electrons. The van der Waals surface area contributed by atoms with Gasteiger partial charge in [0.25, 0.3) is 0 Å². The normalized spacial score (nSPS) is 21.9. The van der Waals surface area contributed by atoms with E-state index in [2.05, 4.69) is 0 Å². The van der Waals surface area contributed by atoms with Crippen LogP contribution in [0, 0.1) is 0 Å². The summed E-state index contributed by atoms with van der Waals surface area (Å²) in [7, 11) is 0. The van der Waals surface area contributed by atoms with Crippen molar-refractivity contribution in [3.8, 4) is 23.0 Å². The minimum Gasteiger partial charge on any atom is -0.490 e. The lowest BCUT2D eigenvalue weighted by atomic mass is 9.93. The molecule has 0 bridgehead atoms. The monoisotopic (exact) mass is 732 g/mol. The summed E-state index contributed by atoms with van der Waals surface area (Å²) in [5.74, 6) is 2.04. The third kappa shape index (κ3) is 7.80. The molecular weight excluding hydrogens is 700 g/mol. The smallest absolute Gasteiger partial charge is 0.490 e. The lowest BCUT2D eigenvalue weighted by molar-refractivity contribution is 0.0976. The summed E-state index contributed by atoms with van der Waals surface area (Å²) in [5.41, 5.74) is 1.51. The molecule has 4 aliphatic heterocycles. The van der Waals surface area contributed by atoms with Crippen LogP contribution in [0.15, 0.2) is 60.7 Å². The third-order valence-corrected chi connectivity index (χ3v) is 8.80. The van der Waals surface area contributed by atoms with Crippen molar-refractivity contribution in [2.45, 2.75) is 30.8 Å². The van der Waals surface area contributed by atoms with Crippen molar-refractivity contribution in [3.63, 3.8) is 0 Å². The first-order valence-electron chi connectivity index (χ1n) is 16.8. The van der Waals surface area contributed by atoms with Gasteiger partial charge in [-0.3, -0.25) is 0 Å². The van der Waals surface area contributed by atoms with Crippen molar-refractivity contribution in [2.75, 3.05) is 52.9 Å². The van der Waals surface area contributed by atoms with Gasteiger partial charge < -0.3 is 56.8 Å². The standard InChI is InChI=1S/C37H32O16/c38-34-46-16-24(50-34)12-42-22-5-1-20-3-7-32(44-14-26-18-48-36(40)52-26)30(28(20)9-22)11-31-29-10-23(43-13-25-17-47-35(39)51-25)6-2-21(29)4-8-33(31)45-15-27-19-49-37(41)53-27/h1-10,24-27H,11-19H2. The predicted molar refractivity (Wildman–Crippen MR) is 178 cm³/mol. The second kappa shape index (κ2) is 14.7. The number of fused-ring (bicyclic) bond motifs is 2. The third-order valence-electron chi connectivity index (χ3n) is 8.80. The van der Waals surface area contributed by atoms with Gasteiger partial charge in [0, 0.05) is 17.5 Å². The van der Waals surface area contributed by atoms with E-state index in [9.17, 15) is 19.2 Å². The summed E-state index contributed by atoms with van der Waals surface area (Å²) in [6, 6.07) is 18.7. The number of rotatable bonds is 14. The van der Waals surface area contributed by atoms with Crippen LogP contribution >= 0.6 is 0 Å². The Balaban J connectivity index is 1.16. The van der Waals surface area contributed by atoms with Gasteiger partial charge in [0.1, 0.15) is 75.9 Å². The van der Waals surface area contributed by atoms with E-state index in [1.807, 2.05) is 60.7 Å². The number of carbonyl (C=O) groups is 4. The maximum absolute atomic E-state index is 11.6. The summed E-state index contributed by atoms with van der Waals surface area (Å²) in [6.07, 6.45) is -5.04. The maximum atomic E-state index is 11.6. The van der Waals surface area contributed by atoms with Crippen LogP contribution in [-0.2, 0) is 44.3 Å². The van der Waals surface area contributed by atoms with E-state index in [0.29, 0.717) is 23.0 Å². The van der Waals surface area contributed by atoms with Gasteiger partial charge in [0.15, 0.2) is 24.4 Å². The molecule has 4 heterocycles. The van der Waals surface area contributed by atoms with Crippen molar-refractivity contribution in [3.05, 3.63) is 71.8 Å². The molecule has 0 N–H and O–H groups in total. The Bertz CT molecular complexity index is 1910. The second-order valence-corrected chi connectivity index (χ2v) is 12.5. The van der Waals surface area contributed by atoms with Gasteiger partial charge in [-0.25, -0.2) is 19.2 Å². The lowest BCUT2D eigenvalue weighted by Gasteiger charge is -2.20. The van der Waals surface area contributed by atoms with E-state index in [4.69, 9.17) is 56.8 Å². The van der Waals surface area contributed by atoms with Gasteiger partial charge in [-0.1, -0.05) is 24.3 Å². The topological polar surface area (TPSA) is 179 Å². The molecule has 4 fully saturated rings. The lowest BCUT2D eigenvalue weighted by Crippen LogP contribution is -2.21. The Kier molecular flexibility index (Phi) is 9.40. The SMILES string of the molecule is O=C1OCC(COc2ccc3ccc(OCC4COC(=O)O4)c(Cc4c(OCC5COC(=O)O5)ccc5ccc(OCC6COC(=O)O6)cc45)c3c2)O1. The summed E-state index contributed by atoms with van der Waals surface area (Å²) >= 11 is 0. The zero-order valence-corrected chi connectivity index (χ0v) is 28.0. The maximum Gasteiger partial charge on any atom is 0.508 e. The molecular formula is C37H32O16. The van der Waals surface area contributed by atoms with Gasteiger partial charge in [-0.2, -0.15) is 0 Å². The fourth-order valence-electron chi connectivity index (χ4n) is 6.21. The molecule has 16 heteroatoms. The molecule has 16 nitrogen and oxygen atoms in total. The molecule has 0 aliphatic carbocycles. The van der Waals surface area contributed by atoms with Crippen LogP contribution in [0.5, 0.6) is 23.0 Å². The van der Waals surface area contributed by atoms with E-state index in [0.717, 1.165) is 32.7 Å². The number of carbonyl (C=O) groups excluding carboxylic acids is 4. The molecule has 8 rings (SSSR count). The van der Waals surface area contributed by atoms with Crippen molar-refractivity contribution in [2.24, 2.45) is 0 Å². The first kappa shape index (κ1) is 33.8. The molecule has 4 aromatic rings. The fourth-order valence-corrected chi connectivity index (χ4v) is 6.21. The summed E-state index contributed by atoms with van der Waals surface area (Å²) in [5, 5.41) is 3.33. The highest BCUT2D eigenvalue weighted by Gasteiger charge is 2.29.